The molecule has 0 atom stereocenters. The molecule has 0 saturated heterocycles. The van der Waals surface area contributed by atoms with Crippen LogP contribution in [-0.2, 0) is 6.04 Å². The molecule has 0 radical (unpaired) electrons. The zero-order valence-corrected chi connectivity index (χ0v) is 7.65. The number of hydrogen-bond donors (Lipinski definition) is 0. The van der Waals surface area contributed by atoms with Crippen LogP contribution in [0.3, 0.4) is 0 Å². The normalized spacial score (nSPS) is 11.0. The van der Waals surface area contributed by atoms with Crippen LogP contribution in [0.2, 0.25) is 0 Å². The molecule has 54 valence electrons. The minimum atomic E-state index is -0.447. The summed E-state index contributed by atoms with van der Waals surface area (Å²) < 4.78 is 12.3. The van der Waals surface area contributed by atoms with E-state index in [1.54, 1.807) is 12.1 Å². The predicted octanol–water partition coefficient (Wildman–Crippen LogP) is 1.65. The second-order valence-corrected chi connectivity index (χ2v) is 4.08. The fourth-order valence-corrected chi connectivity index (χ4v) is 1.97. The third-order valence-corrected chi connectivity index (χ3v) is 2.63. The smallest absolute Gasteiger partial charge is 0.129 e. The molecule has 0 aliphatic rings. The van der Waals surface area contributed by atoms with Gasteiger partial charge in [0.1, 0.15) is 14.6 Å². The van der Waals surface area contributed by atoms with Crippen LogP contribution in [0.1, 0.15) is 5.56 Å². The summed E-state index contributed by atoms with van der Waals surface area (Å²) in [5, 5.41) is 0. The van der Waals surface area contributed by atoms with Gasteiger partial charge in [0.15, 0.2) is 0 Å². The van der Waals surface area contributed by atoms with Gasteiger partial charge in [-0.1, -0.05) is 12.1 Å². The van der Waals surface area contributed by atoms with Crippen molar-refractivity contribution in [3.8, 4) is 0 Å². The van der Waals surface area contributed by atoms with E-state index in [0.29, 0.717) is 0 Å². The van der Waals surface area contributed by atoms with Crippen LogP contribution in [0.5, 0.6) is 0 Å². The summed E-state index contributed by atoms with van der Waals surface area (Å²) in [5.41, 5.74) is 1.14. The van der Waals surface area contributed by atoms with Crippen LogP contribution in [-0.4, -0.2) is 8.83 Å². The minimum absolute atomic E-state index is 0.181. The number of hydrogen-bond acceptors (Lipinski definition) is 0. The van der Waals surface area contributed by atoms with Gasteiger partial charge in [-0.15, -0.1) is 0 Å². The van der Waals surface area contributed by atoms with Gasteiger partial charge in [-0.05, 0) is 23.7 Å². The first-order valence-corrected chi connectivity index (χ1v) is 6.27. The van der Waals surface area contributed by atoms with Crippen molar-refractivity contribution in [1.29, 1.82) is 0 Å². The second kappa shape index (κ2) is 3.74. The molecule has 0 nitrogen and oxygen atoms in total. The highest BCUT2D eigenvalue weighted by Crippen LogP contribution is 2.02. The van der Waals surface area contributed by atoms with Crippen LogP contribution >= 0.6 is 11.1 Å². The Labute approximate surface area is 66.5 Å². The van der Waals surface area contributed by atoms with Crippen LogP contribution in [0.15, 0.2) is 24.3 Å². The van der Waals surface area contributed by atoms with E-state index in [9.17, 15) is 4.39 Å². The number of benzene rings is 1. The number of halogens is 2. The lowest BCUT2D eigenvalue weighted by Crippen LogP contribution is -1.88. The Morgan fingerprint density at radius 2 is 1.90 bits per heavy atom. The van der Waals surface area contributed by atoms with Crippen molar-refractivity contribution in [1.82, 2.24) is 0 Å². The highest BCUT2D eigenvalue weighted by molar-refractivity contribution is 6.93. The quantitative estimate of drug-likeness (QED) is 0.473. The van der Waals surface area contributed by atoms with E-state index in [1.165, 1.54) is 12.1 Å². The molecule has 0 N–H and O–H groups in total. The molecule has 1 aromatic rings. The summed E-state index contributed by atoms with van der Waals surface area (Å²) in [7, 11) is -0.447. The maximum Gasteiger partial charge on any atom is 0.129 e. The van der Waals surface area contributed by atoms with Crippen molar-refractivity contribution in [2.24, 2.45) is 0 Å². The first-order chi connectivity index (χ1) is 4.83. The lowest BCUT2D eigenvalue weighted by atomic mass is 10.2. The standard InChI is InChI=1S/C7H8ClFSi/c8-10-5-6-1-3-7(9)4-2-6/h1-4H,5,10H2. The molecule has 1 rings (SSSR count). The van der Waals surface area contributed by atoms with Gasteiger partial charge in [-0.25, -0.2) is 4.39 Å². The largest absolute Gasteiger partial charge is 0.207 e. The van der Waals surface area contributed by atoms with E-state index in [1.807, 2.05) is 0 Å². The maximum absolute atomic E-state index is 12.3. The maximum atomic E-state index is 12.3. The molecule has 0 aliphatic carbocycles. The van der Waals surface area contributed by atoms with Gasteiger partial charge < -0.3 is 0 Å². The van der Waals surface area contributed by atoms with Gasteiger partial charge in [0.2, 0.25) is 0 Å². The molecule has 0 aromatic heterocycles. The van der Waals surface area contributed by atoms with Crippen molar-refractivity contribution in [2.45, 2.75) is 6.04 Å². The second-order valence-electron chi connectivity index (χ2n) is 2.07. The van der Waals surface area contributed by atoms with Crippen molar-refractivity contribution in [3.05, 3.63) is 35.6 Å². The molecular weight excluding hydrogens is 167 g/mol. The lowest BCUT2D eigenvalue weighted by molar-refractivity contribution is 0.627. The van der Waals surface area contributed by atoms with Crippen LogP contribution in [0, 0.1) is 5.82 Å². The molecule has 10 heavy (non-hydrogen) atoms. The van der Waals surface area contributed by atoms with Gasteiger partial charge in [-0.3, -0.25) is 0 Å². The van der Waals surface area contributed by atoms with E-state index in [2.05, 4.69) is 0 Å². The fraction of sp³-hybridized carbons (Fsp3) is 0.143. The minimum Gasteiger partial charge on any atom is -0.207 e. The third kappa shape index (κ3) is 2.12. The molecule has 0 amide bonds. The molecule has 0 unspecified atom stereocenters. The zero-order chi connectivity index (χ0) is 7.40. The molecule has 0 spiro atoms. The van der Waals surface area contributed by atoms with Crippen molar-refractivity contribution in [3.63, 3.8) is 0 Å². The average Bonchev–Trinajstić information content (AvgIpc) is 1.95. The fourth-order valence-electron chi connectivity index (χ4n) is 0.760. The monoisotopic (exact) mass is 174 g/mol. The summed E-state index contributed by atoms with van der Waals surface area (Å²) in [5.74, 6) is -0.181. The van der Waals surface area contributed by atoms with E-state index < -0.39 is 8.83 Å². The summed E-state index contributed by atoms with van der Waals surface area (Å²) in [6, 6.07) is 7.45. The lowest BCUT2D eigenvalue weighted by Gasteiger charge is -1.94. The summed E-state index contributed by atoms with van der Waals surface area (Å²) in [6.45, 7) is 0. The first kappa shape index (κ1) is 7.76. The van der Waals surface area contributed by atoms with Crippen molar-refractivity contribution < 1.29 is 4.39 Å². The van der Waals surface area contributed by atoms with E-state index >= 15 is 0 Å². The van der Waals surface area contributed by atoms with Crippen LogP contribution < -0.4 is 0 Å². The van der Waals surface area contributed by atoms with Gasteiger partial charge in [0.25, 0.3) is 0 Å². The SMILES string of the molecule is Fc1ccc(C[SiH2]Cl)cc1. The summed E-state index contributed by atoms with van der Waals surface area (Å²) in [6.07, 6.45) is 0. The van der Waals surface area contributed by atoms with Crippen molar-refractivity contribution >= 4 is 19.9 Å². The molecular formula is C7H8ClFSi. The van der Waals surface area contributed by atoms with Crippen LogP contribution in [0.25, 0.3) is 0 Å². The summed E-state index contributed by atoms with van der Waals surface area (Å²) >= 11 is 5.62. The van der Waals surface area contributed by atoms with Crippen molar-refractivity contribution in [2.75, 3.05) is 0 Å². The topological polar surface area (TPSA) is 0 Å². The highest BCUT2D eigenvalue weighted by atomic mass is 35.6. The Kier molecular flexibility index (Phi) is 2.90. The van der Waals surface area contributed by atoms with Gasteiger partial charge >= 0.3 is 0 Å². The van der Waals surface area contributed by atoms with E-state index in [4.69, 9.17) is 11.1 Å². The Balaban J connectivity index is 2.69. The first-order valence-electron chi connectivity index (χ1n) is 3.13. The highest BCUT2D eigenvalue weighted by Gasteiger charge is 1.91. The predicted molar refractivity (Wildman–Crippen MR) is 44.5 cm³/mol. The zero-order valence-electron chi connectivity index (χ0n) is 5.48. The average molecular weight is 175 g/mol. The third-order valence-electron chi connectivity index (χ3n) is 1.30. The molecule has 0 heterocycles. The Morgan fingerprint density at radius 3 is 2.40 bits per heavy atom. The molecule has 3 heteroatoms. The Bertz CT molecular complexity index is 197. The molecule has 1 aromatic carbocycles. The van der Waals surface area contributed by atoms with Gasteiger partial charge in [-0.2, -0.15) is 11.1 Å². The molecule has 0 fully saturated rings. The molecule has 0 aliphatic heterocycles. The van der Waals surface area contributed by atoms with Gasteiger partial charge in [0, 0.05) is 0 Å². The Morgan fingerprint density at radius 1 is 1.30 bits per heavy atom. The molecule has 0 saturated carbocycles. The van der Waals surface area contributed by atoms with Crippen LogP contribution in [0.4, 0.5) is 4.39 Å². The Hall–Kier alpha value is -0.343. The molecule has 0 bridgehead atoms. The number of rotatable bonds is 2. The van der Waals surface area contributed by atoms with E-state index in [-0.39, 0.29) is 5.82 Å². The summed E-state index contributed by atoms with van der Waals surface area (Å²) in [4.78, 5) is 0. The van der Waals surface area contributed by atoms with E-state index in [0.717, 1.165) is 11.6 Å². The van der Waals surface area contributed by atoms with Gasteiger partial charge in [0.05, 0.1) is 0 Å².